The Balaban J connectivity index is 0.000000145. The molecule has 0 radical (unpaired) electrons. The number of thiazole rings is 3. The van der Waals surface area contributed by atoms with Crippen LogP contribution in [0.4, 0.5) is 0 Å². The highest BCUT2D eigenvalue weighted by Crippen LogP contribution is 2.34. The number of aliphatic carboxylic acids is 3. The van der Waals surface area contributed by atoms with Crippen LogP contribution in [0.15, 0.2) is 69.6 Å². The number of thioether (sulfide) groups is 3. The number of phenols is 1. The van der Waals surface area contributed by atoms with Crippen LogP contribution in [0, 0.1) is 0 Å². The van der Waals surface area contributed by atoms with Crippen LogP contribution in [0.2, 0.25) is 0 Å². The molecule has 64 heavy (non-hydrogen) atoms. The summed E-state index contributed by atoms with van der Waals surface area (Å²) < 4.78 is 14.1. The maximum atomic E-state index is 11.0. The van der Waals surface area contributed by atoms with Crippen molar-refractivity contribution in [2.75, 3.05) is 51.1 Å². The number of carboxylic acids is 3. The number of ether oxygens (including phenoxy) is 2. The predicted octanol–water partition coefficient (Wildman–Crippen LogP) is 6.73. The third-order valence-electron chi connectivity index (χ3n) is 8.97. The molecule has 0 aliphatic carbocycles. The highest BCUT2D eigenvalue weighted by Gasteiger charge is 2.29. The average Bonchev–Trinajstić information content (AvgIpc) is 4.12. The molecule has 0 spiro atoms. The molecule has 0 amide bonds. The number of aldehydes is 1. The van der Waals surface area contributed by atoms with E-state index in [1.807, 2.05) is 44.4 Å². The Morgan fingerprint density at radius 1 is 0.641 bits per heavy atom. The molecule has 9 rings (SSSR count). The fourth-order valence-electron chi connectivity index (χ4n) is 5.83. The Morgan fingerprint density at radius 2 is 1.05 bits per heavy atom. The maximum absolute atomic E-state index is 11.0. The van der Waals surface area contributed by atoms with Gasteiger partial charge in [0.05, 0.1) is 43.9 Å². The van der Waals surface area contributed by atoms with Gasteiger partial charge in [0.25, 0.3) is 0 Å². The monoisotopic (exact) mass is 981 g/mol. The van der Waals surface area contributed by atoms with E-state index in [2.05, 4.69) is 34.8 Å². The summed E-state index contributed by atoms with van der Waals surface area (Å²) in [5.74, 6) is 0.391. The Labute approximate surface area is 389 Å². The summed E-state index contributed by atoms with van der Waals surface area (Å²) in [6.45, 7) is 2.02. The van der Waals surface area contributed by atoms with Crippen LogP contribution in [0.25, 0.3) is 30.6 Å². The molecule has 6 aromatic rings. The molecule has 3 atom stereocenters. The second-order valence-corrected chi connectivity index (χ2v) is 20.2. The minimum atomic E-state index is -0.908. The molecule has 334 valence electrons. The summed E-state index contributed by atoms with van der Waals surface area (Å²) in [6.07, 6.45) is 2.15. The molecule has 23 heteroatoms. The fraction of sp³-hybridized carbons (Fsp3) is 0.317. The number of fused-ring (bicyclic) bond motifs is 3. The number of rotatable bonds is 15. The van der Waals surface area contributed by atoms with Crippen molar-refractivity contribution in [3.05, 3.63) is 69.6 Å². The Kier molecular flexibility index (Phi) is 15.9. The van der Waals surface area contributed by atoms with Gasteiger partial charge in [-0.3, -0.25) is 15.0 Å². The quantitative estimate of drug-likeness (QED) is 0.0615. The van der Waals surface area contributed by atoms with Crippen LogP contribution in [-0.2, 0) is 19.2 Å². The van der Waals surface area contributed by atoms with Crippen LogP contribution < -0.4 is 9.47 Å². The standard InChI is InChI=1S/C16H19N3O3S2.C14H12N2O4S2.C11H8N2O3S2/c1-19(2)6-3-7-22-10-4-5-11-13(8-10)24-15(17-11)14-18-12(9-23-14)16(20)21;17-4-1-5-20-8-2-3-9-11(6-8)22-13(15-9)12-16-10(7-21-12)14(18)19;14-5-1-2-6-8(3-5)18-10(12-6)9-13-7(4-17-9)11(15)16/h4-5,8,12H,3,6-7,9H2,1-2H3,(H,20,21);2-4,6,10H,1,5,7H2,(H,18,19);1-3,7,14H,4H2,(H,15,16)/t12-;10-;7-/m111/s1. The van der Waals surface area contributed by atoms with E-state index in [0.29, 0.717) is 57.7 Å². The van der Waals surface area contributed by atoms with Gasteiger partial charge >= 0.3 is 17.9 Å². The average molecular weight is 982 g/mol. The van der Waals surface area contributed by atoms with Gasteiger partial charge in [-0.2, -0.15) is 0 Å². The molecular weight excluding hydrogens is 943 g/mol. The van der Waals surface area contributed by atoms with E-state index in [0.717, 1.165) is 70.7 Å². The number of aromatic hydroxyl groups is 1. The molecule has 6 heterocycles. The van der Waals surface area contributed by atoms with Crippen molar-refractivity contribution in [1.82, 2.24) is 19.9 Å². The van der Waals surface area contributed by atoms with Gasteiger partial charge in [0.2, 0.25) is 0 Å². The molecule has 3 aliphatic heterocycles. The summed E-state index contributed by atoms with van der Waals surface area (Å²) >= 11 is 8.66. The van der Waals surface area contributed by atoms with Gasteiger partial charge in [0.1, 0.15) is 53.7 Å². The highest BCUT2D eigenvalue weighted by molar-refractivity contribution is 8.15. The lowest BCUT2D eigenvalue weighted by molar-refractivity contribution is -0.138. The van der Waals surface area contributed by atoms with Gasteiger partial charge in [-0.15, -0.1) is 69.3 Å². The number of benzene rings is 3. The van der Waals surface area contributed by atoms with E-state index >= 15 is 0 Å². The summed E-state index contributed by atoms with van der Waals surface area (Å²) in [5.41, 5.74) is 2.50. The predicted molar refractivity (Wildman–Crippen MR) is 257 cm³/mol. The van der Waals surface area contributed by atoms with Gasteiger partial charge in [0, 0.05) is 30.2 Å². The summed E-state index contributed by atoms with van der Waals surface area (Å²) in [5, 5.41) is 40.6. The zero-order chi connectivity index (χ0) is 45.3. The van der Waals surface area contributed by atoms with Crippen LogP contribution in [0.3, 0.4) is 0 Å². The lowest BCUT2D eigenvalue weighted by atomic mass is 10.3. The lowest BCUT2D eigenvalue weighted by Gasteiger charge is -2.10. The van der Waals surface area contributed by atoms with Crippen molar-refractivity contribution in [3.8, 4) is 17.2 Å². The molecule has 3 aromatic carbocycles. The van der Waals surface area contributed by atoms with E-state index in [4.69, 9.17) is 24.8 Å². The molecule has 0 unspecified atom stereocenters. The van der Waals surface area contributed by atoms with Crippen LogP contribution in [0.5, 0.6) is 17.2 Å². The third kappa shape index (κ3) is 12.1. The summed E-state index contributed by atoms with van der Waals surface area (Å²) in [4.78, 5) is 71.2. The third-order valence-corrected chi connectivity index (χ3v) is 15.6. The largest absolute Gasteiger partial charge is 0.508 e. The second-order valence-electron chi connectivity index (χ2n) is 14.1. The smallest absolute Gasteiger partial charge is 0.329 e. The zero-order valence-electron chi connectivity index (χ0n) is 34.0. The number of hydrogen-bond acceptors (Lipinski definition) is 20. The van der Waals surface area contributed by atoms with Gasteiger partial charge in [-0.05, 0) is 75.1 Å². The minimum absolute atomic E-state index is 0.196. The molecule has 0 saturated carbocycles. The van der Waals surface area contributed by atoms with Crippen molar-refractivity contribution in [2.24, 2.45) is 15.0 Å². The summed E-state index contributed by atoms with van der Waals surface area (Å²) in [6, 6.07) is 14.3. The number of carbonyl (C=O) groups is 4. The highest BCUT2D eigenvalue weighted by atomic mass is 32.2. The van der Waals surface area contributed by atoms with Gasteiger partial charge in [-0.1, -0.05) is 0 Å². The number of aliphatic imine (C=N–C) groups is 3. The van der Waals surface area contributed by atoms with E-state index < -0.39 is 36.0 Å². The zero-order valence-corrected chi connectivity index (χ0v) is 38.9. The van der Waals surface area contributed by atoms with E-state index in [1.54, 1.807) is 24.3 Å². The van der Waals surface area contributed by atoms with Crippen molar-refractivity contribution in [3.63, 3.8) is 0 Å². The van der Waals surface area contributed by atoms with Crippen molar-refractivity contribution in [2.45, 2.75) is 31.0 Å². The van der Waals surface area contributed by atoms with Crippen molar-refractivity contribution < 1.29 is 49.1 Å². The Bertz CT molecular complexity index is 2790. The molecule has 0 fully saturated rings. The number of nitrogens with zero attached hydrogens (tertiary/aromatic N) is 7. The van der Waals surface area contributed by atoms with Crippen LogP contribution in [-0.4, -0.2) is 149 Å². The van der Waals surface area contributed by atoms with Crippen LogP contribution >= 0.6 is 69.3 Å². The number of carbonyl (C=O) groups excluding carboxylic acids is 1. The van der Waals surface area contributed by atoms with E-state index in [9.17, 15) is 24.3 Å². The molecule has 3 aliphatic rings. The van der Waals surface area contributed by atoms with Crippen molar-refractivity contribution >= 4 is 139 Å². The fourth-order valence-corrected chi connectivity index (χ4v) is 12.1. The first-order chi connectivity index (χ1) is 30.8. The number of aromatic nitrogens is 3. The number of carboxylic acid groups (broad SMARTS) is 3. The van der Waals surface area contributed by atoms with Gasteiger partial charge in [-0.25, -0.2) is 29.3 Å². The molecular formula is C41H39N7O10S6. The molecule has 3 aromatic heterocycles. The number of phenolic OH excluding ortho intramolecular Hbond substituents is 1. The first kappa shape index (κ1) is 46.8. The normalized spacial score (nSPS) is 17.9. The first-order valence-corrected chi connectivity index (χ1v) is 24.8. The lowest BCUT2D eigenvalue weighted by Crippen LogP contribution is -2.17. The Hall–Kier alpha value is -5.17. The Morgan fingerprint density at radius 3 is 1.44 bits per heavy atom. The SMILES string of the molecule is CN(C)CCCOc1ccc2nc(C3=N[C@@H](C(=O)O)CS3)sc2c1.O=C(O)[C@H]1CSC(c2nc3ccc(O)cc3s2)=N1.O=CCCOc1ccc2nc(C3=N[C@@H](C(=O)O)CS3)sc2c1. The minimum Gasteiger partial charge on any atom is -0.508 e. The second kappa shape index (κ2) is 21.7. The molecule has 0 bridgehead atoms. The topological polar surface area (TPSA) is 247 Å². The van der Waals surface area contributed by atoms with E-state index in [-0.39, 0.29) is 5.75 Å². The molecule has 4 N–H and O–H groups in total. The van der Waals surface area contributed by atoms with Gasteiger partial charge in [0.15, 0.2) is 18.1 Å². The van der Waals surface area contributed by atoms with E-state index in [1.165, 1.54) is 69.3 Å². The summed E-state index contributed by atoms with van der Waals surface area (Å²) in [7, 11) is 4.09. The van der Waals surface area contributed by atoms with Gasteiger partial charge < -0.3 is 39.6 Å². The van der Waals surface area contributed by atoms with Crippen molar-refractivity contribution in [1.29, 1.82) is 0 Å². The number of hydrogen-bond donors (Lipinski definition) is 4. The van der Waals surface area contributed by atoms with Crippen LogP contribution in [0.1, 0.15) is 27.9 Å². The molecule has 17 nitrogen and oxygen atoms in total. The first-order valence-electron chi connectivity index (χ1n) is 19.4. The molecule has 0 saturated heterocycles. The maximum Gasteiger partial charge on any atom is 0.329 e.